The van der Waals surface area contributed by atoms with Gasteiger partial charge in [0.2, 0.25) is 5.95 Å². The number of allylic oxidation sites excluding steroid dienone is 1. The van der Waals surface area contributed by atoms with Crippen molar-refractivity contribution in [3.05, 3.63) is 63.6 Å². The number of imidazole rings is 1. The smallest absolute Gasteiger partial charge is 0.299 e. The van der Waals surface area contributed by atoms with Crippen molar-refractivity contribution in [2.45, 2.75) is 6.54 Å². The zero-order valence-electron chi connectivity index (χ0n) is 13.9. The van der Waals surface area contributed by atoms with Crippen molar-refractivity contribution in [1.29, 1.82) is 0 Å². The molecule has 0 aromatic carbocycles. The Bertz CT molecular complexity index is 1070. The van der Waals surface area contributed by atoms with Gasteiger partial charge in [-0.2, -0.15) is 10.1 Å². The number of hydrogen-bond donors (Lipinski definition) is 1. The largest absolute Gasteiger partial charge is 0.332 e. The molecule has 1 N–H and O–H groups in total. The molecule has 0 spiro atoms. The summed E-state index contributed by atoms with van der Waals surface area (Å²) in [5.41, 5.74) is 3.42. The van der Waals surface area contributed by atoms with E-state index in [1.54, 1.807) is 48.4 Å². The van der Waals surface area contributed by atoms with Crippen LogP contribution in [-0.4, -0.2) is 29.9 Å². The summed E-state index contributed by atoms with van der Waals surface area (Å²) in [6.07, 6.45) is 6.57. The molecule has 0 atom stereocenters. The van der Waals surface area contributed by atoms with Crippen LogP contribution < -0.4 is 16.7 Å². The number of hydrogen-bond acceptors (Lipinski definition) is 6. The fourth-order valence-electron chi connectivity index (χ4n) is 2.45. The topological polar surface area (TPSA) is 99.1 Å². The molecule has 9 heteroatoms. The molecule has 0 unspecified atom stereocenters. The van der Waals surface area contributed by atoms with E-state index in [4.69, 9.17) is 0 Å². The number of aryl methyl sites for hydroxylation is 1. The Hall–Kier alpha value is -3.49. The maximum Gasteiger partial charge on any atom is 0.332 e. The standard InChI is InChI=1S/C16H17N7O2/c1-4-9-23-12-13(21(2)16(25)22(3)14(12)24)19-15(23)20-18-10-11-5-7-17-8-6-11/h4-8,10H,1,9H2,2-3H3,(H,19,20)/b18-10+. The van der Waals surface area contributed by atoms with Crippen molar-refractivity contribution in [3.63, 3.8) is 0 Å². The number of fused-ring (bicyclic) bond motifs is 1. The van der Waals surface area contributed by atoms with E-state index in [0.717, 1.165) is 10.1 Å². The molecule has 0 aliphatic carbocycles. The van der Waals surface area contributed by atoms with Crippen molar-refractivity contribution >= 4 is 23.3 Å². The third-order valence-corrected chi connectivity index (χ3v) is 3.74. The van der Waals surface area contributed by atoms with Crippen molar-refractivity contribution in [2.75, 3.05) is 5.43 Å². The molecule has 128 valence electrons. The quantitative estimate of drug-likeness (QED) is 0.414. The molecule has 3 rings (SSSR count). The average molecular weight is 339 g/mol. The van der Waals surface area contributed by atoms with E-state index in [0.29, 0.717) is 18.0 Å². The molecule has 3 heterocycles. The number of rotatable bonds is 5. The number of anilines is 1. The summed E-state index contributed by atoms with van der Waals surface area (Å²) in [5.74, 6) is 0.346. The van der Waals surface area contributed by atoms with Crippen molar-refractivity contribution in [1.82, 2.24) is 23.7 Å². The second-order valence-corrected chi connectivity index (χ2v) is 5.36. The van der Waals surface area contributed by atoms with E-state index in [2.05, 4.69) is 27.1 Å². The predicted molar refractivity (Wildman–Crippen MR) is 95.9 cm³/mol. The van der Waals surface area contributed by atoms with Gasteiger partial charge in [0.05, 0.1) is 6.21 Å². The van der Waals surface area contributed by atoms with E-state index in [1.165, 1.54) is 11.6 Å². The highest BCUT2D eigenvalue weighted by Crippen LogP contribution is 2.15. The maximum absolute atomic E-state index is 12.5. The van der Waals surface area contributed by atoms with Crippen LogP contribution in [0.1, 0.15) is 5.56 Å². The molecule has 0 saturated carbocycles. The van der Waals surface area contributed by atoms with Crippen LogP contribution in [0.3, 0.4) is 0 Å². The summed E-state index contributed by atoms with van der Waals surface area (Å²) >= 11 is 0. The lowest BCUT2D eigenvalue weighted by Crippen LogP contribution is -2.37. The van der Waals surface area contributed by atoms with Crippen LogP contribution in [0.15, 0.2) is 51.9 Å². The van der Waals surface area contributed by atoms with Crippen LogP contribution in [0.5, 0.6) is 0 Å². The summed E-state index contributed by atoms with van der Waals surface area (Å²) in [5, 5.41) is 4.14. The van der Waals surface area contributed by atoms with Gasteiger partial charge in [0.15, 0.2) is 11.2 Å². The molecular formula is C16H17N7O2. The Kier molecular flexibility index (Phi) is 4.29. The first kappa shape index (κ1) is 16.4. The minimum absolute atomic E-state index is 0.288. The molecule has 0 aliphatic rings. The Morgan fingerprint density at radius 3 is 2.64 bits per heavy atom. The fourth-order valence-corrected chi connectivity index (χ4v) is 2.45. The average Bonchev–Trinajstić information content (AvgIpc) is 2.98. The molecule has 0 bridgehead atoms. The van der Waals surface area contributed by atoms with Crippen molar-refractivity contribution in [2.24, 2.45) is 19.2 Å². The van der Waals surface area contributed by atoms with Gasteiger partial charge in [-0.25, -0.2) is 10.2 Å². The Morgan fingerprint density at radius 1 is 1.24 bits per heavy atom. The van der Waals surface area contributed by atoms with Gasteiger partial charge in [0.1, 0.15) is 0 Å². The number of aromatic nitrogens is 5. The summed E-state index contributed by atoms with van der Waals surface area (Å²) < 4.78 is 4.01. The molecule has 9 nitrogen and oxygen atoms in total. The van der Waals surface area contributed by atoms with Gasteiger partial charge >= 0.3 is 5.69 Å². The van der Waals surface area contributed by atoms with E-state index < -0.39 is 11.2 Å². The first-order valence-electron chi connectivity index (χ1n) is 7.51. The molecule has 0 saturated heterocycles. The molecule has 3 aromatic rings. The van der Waals surface area contributed by atoms with Gasteiger partial charge in [-0.15, -0.1) is 6.58 Å². The molecule has 25 heavy (non-hydrogen) atoms. The van der Waals surface area contributed by atoms with E-state index in [9.17, 15) is 9.59 Å². The van der Waals surface area contributed by atoms with Gasteiger partial charge in [-0.3, -0.25) is 23.5 Å². The van der Waals surface area contributed by atoms with E-state index in [1.807, 2.05) is 0 Å². The van der Waals surface area contributed by atoms with Crippen LogP contribution in [0.2, 0.25) is 0 Å². The van der Waals surface area contributed by atoms with Gasteiger partial charge in [0, 0.05) is 33.0 Å². The summed E-state index contributed by atoms with van der Waals surface area (Å²) in [4.78, 5) is 32.9. The normalized spacial score (nSPS) is 11.3. The summed E-state index contributed by atoms with van der Waals surface area (Å²) in [6, 6.07) is 3.61. The predicted octanol–water partition coefficient (Wildman–Crippen LogP) is 0.461. The van der Waals surface area contributed by atoms with Crippen LogP contribution >= 0.6 is 0 Å². The molecular weight excluding hydrogens is 322 g/mol. The van der Waals surface area contributed by atoms with E-state index in [-0.39, 0.29) is 5.65 Å². The van der Waals surface area contributed by atoms with Crippen molar-refractivity contribution < 1.29 is 0 Å². The van der Waals surface area contributed by atoms with Crippen LogP contribution in [0.4, 0.5) is 5.95 Å². The molecule has 0 amide bonds. The Morgan fingerprint density at radius 2 is 1.96 bits per heavy atom. The van der Waals surface area contributed by atoms with Gasteiger partial charge in [-0.05, 0) is 17.7 Å². The second kappa shape index (κ2) is 6.56. The van der Waals surface area contributed by atoms with Gasteiger partial charge in [-0.1, -0.05) is 6.08 Å². The molecule has 3 aromatic heterocycles. The lowest BCUT2D eigenvalue weighted by atomic mass is 10.3. The zero-order valence-corrected chi connectivity index (χ0v) is 13.9. The first-order chi connectivity index (χ1) is 12.0. The number of hydrazone groups is 1. The van der Waals surface area contributed by atoms with Gasteiger partial charge < -0.3 is 0 Å². The van der Waals surface area contributed by atoms with Gasteiger partial charge in [0.25, 0.3) is 5.56 Å². The number of pyridine rings is 1. The minimum atomic E-state index is -0.437. The minimum Gasteiger partial charge on any atom is -0.299 e. The Labute approximate surface area is 142 Å². The molecule has 0 radical (unpaired) electrons. The molecule has 0 aliphatic heterocycles. The molecule has 0 fully saturated rings. The third-order valence-electron chi connectivity index (χ3n) is 3.74. The monoisotopic (exact) mass is 339 g/mol. The number of nitrogens with one attached hydrogen (secondary N) is 1. The lowest BCUT2D eigenvalue weighted by Gasteiger charge is -2.06. The highest BCUT2D eigenvalue weighted by Gasteiger charge is 2.18. The lowest BCUT2D eigenvalue weighted by molar-refractivity contribution is 0.703. The SMILES string of the molecule is C=CCn1c(N/N=C/c2ccncc2)nc2c1c(=O)n(C)c(=O)n2C. The maximum atomic E-state index is 12.5. The zero-order chi connectivity index (χ0) is 18.0. The summed E-state index contributed by atoms with van der Waals surface area (Å²) in [7, 11) is 3.00. The van der Waals surface area contributed by atoms with Crippen LogP contribution in [0.25, 0.3) is 11.2 Å². The van der Waals surface area contributed by atoms with Crippen molar-refractivity contribution in [3.8, 4) is 0 Å². The third kappa shape index (κ3) is 2.87. The summed E-state index contributed by atoms with van der Waals surface area (Å²) in [6.45, 7) is 4.05. The number of nitrogens with zero attached hydrogens (tertiary/aromatic N) is 6. The van der Waals surface area contributed by atoms with E-state index >= 15 is 0 Å². The Balaban J connectivity index is 2.10. The second-order valence-electron chi connectivity index (χ2n) is 5.36. The highest BCUT2D eigenvalue weighted by molar-refractivity contribution is 5.80. The van der Waals surface area contributed by atoms with Crippen LogP contribution in [0, 0.1) is 0 Å². The van der Waals surface area contributed by atoms with Crippen LogP contribution in [-0.2, 0) is 20.6 Å². The highest BCUT2D eigenvalue weighted by atomic mass is 16.2. The first-order valence-corrected chi connectivity index (χ1v) is 7.51. The fraction of sp³-hybridized carbons (Fsp3) is 0.188.